The molecule has 7 heteroatoms. The lowest BCUT2D eigenvalue weighted by atomic mass is 10.1. The van der Waals surface area contributed by atoms with Gasteiger partial charge in [-0.1, -0.05) is 24.1 Å². The van der Waals surface area contributed by atoms with Crippen molar-refractivity contribution in [2.75, 3.05) is 25.2 Å². The van der Waals surface area contributed by atoms with Crippen molar-refractivity contribution >= 4 is 53.3 Å². The molecular weight excluding hydrogens is 483 g/mol. The van der Waals surface area contributed by atoms with Crippen LogP contribution >= 0.6 is 35.7 Å². The molecule has 0 unspecified atom stereocenters. The number of nitrogens with zero attached hydrogens (tertiary/aromatic N) is 1. The molecule has 5 nitrogen and oxygen atoms in total. The van der Waals surface area contributed by atoms with Gasteiger partial charge in [0.1, 0.15) is 0 Å². The maximum absolute atomic E-state index is 12.1. The van der Waals surface area contributed by atoms with Gasteiger partial charge >= 0.3 is 0 Å². The maximum atomic E-state index is 12.1. The van der Waals surface area contributed by atoms with Crippen molar-refractivity contribution in [1.82, 2.24) is 10.6 Å². The Morgan fingerprint density at radius 2 is 2.00 bits per heavy atom. The van der Waals surface area contributed by atoms with Gasteiger partial charge in [-0.2, -0.15) is 0 Å². The van der Waals surface area contributed by atoms with Crippen LogP contribution in [0.5, 0.6) is 0 Å². The number of carbonyl (C=O) groups is 1. The Morgan fingerprint density at radius 1 is 1.21 bits per heavy atom. The van der Waals surface area contributed by atoms with E-state index in [9.17, 15) is 4.79 Å². The number of guanidine groups is 1. The standard InChI is InChI=1S/C21H24N4OS.HI/c1-5-16-7-6-8-18(12-16)25-20(26)14-24-21(22-3)23-13-17-10-9-15(2)11-19(17)27-4;/h1,6-12H,13-14H2,2-4H3,(H,25,26)(H2,22,23,24);1H. The van der Waals surface area contributed by atoms with Crippen LogP contribution in [-0.2, 0) is 11.3 Å². The summed E-state index contributed by atoms with van der Waals surface area (Å²) in [7, 11) is 1.67. The molecule has 0 saturated heterocycles. The van der Waals surface area contributed by atoms with E-state index < -0.39 is 0 Å². The number of terminal acetylenes is 1. The summed E-state index contributed by atoms with van der Waals surface area (Å²) in [6, 6.07) is 13.5. The van der Waals surface area contributed by atoms with Crippen LogP contribution < -0.4 is 16.0 Å². The van der Waals surface area contributed by atoms with Crippen LogP contribution in [0.2, 0.25) is 0 Å². The van der Waals surface area contributed by atoms with Crippen molar-refractivity contribution in [2.45, 2.75) is 18.4 Å². The van der Waals surface area contributed by atoms with Gasteiger partial charge < -0.3 is 16.0 Å². The number of carbonyl (C=O) groups excluding carboxylic acids is 1. The fraction of sp³-hybridized carbons (Fsp3) is 0.238. The summed E-state index contributed by atoms with van der Waals surface area (Å²) in [6.45, 7) is 2.81. The smallest absolute Gasteiger partial charge is 0.243 e. The van der Waals surface area contributed by atoms with Crippen molar-refractivity contribution < 1.29 is 4.79 Å². The molecule has 28 heavy (non-hydrogen) atoms. The number of anilines is 1. The van der Waals surface area contributed by atoms with E-state index in [1.54, 1.807) is 30.9 Å². The third-order valence-corrected chi connectivity index (χ3v) is 4.66. The minimum absolute atomic E-state index is 0. The van der Waals surface area contributed by atoms with Gasteiger partial charge in [-0.3, -0.25) is 9.79 Å². The van der Waals surface area contributed by atoms with E-state index >= 15 is 0 Å². The van der Waals surface area contributed by atoms with Gasteiger partial charge in [0, 0.05) is 29.7 Å². The molecule has 0 radical (unpaired) electrons. The van der Waals surface area contributed by atoms with Crippen molar-refractivity contribution in [1.29, 1.82) is 0 Å². The number of thioether (sulfide) groups is 1. The molecule has 2 aromatic carbocycles. The normalized spacial score (nSPS) is 10.4. The minimum atomic E-state index is -0.174. The number of aliphatic imine (C=N–C) groups is 1. The first kappa shape index (κ1) is 23.9. The zero-order valence-electron chi connectivity index (χ0n) is 16.2. The Hall–Kier alpha value is -2.18. The second kappa shape index (κ2) is 12.3. The number of amides is 1. The molecular formula is C21H25IN4OS. The SMILES string of the molecule is C#Cc1cccc(NC(=O)CNC(=NC)NCc2ccc(C)cc2SC)c1.I. The molecule has 0 aromatic heterocycles. The quantitative estimate of drug-likeness (QED) is 0.183. The van der Waals surface area contributed by atoms with Crippen molar-refractivity contribution in [3.8, 4) is 12.3 Å². The molecule has 0 aliphatic rings. The molecule has 148 valence electrons. The fourth-order valence-electron chi connectivity index (χ4n) is 2.45. The topological polar surface area (TPSA) is 65.5 Å². The molecule has 0 aliphatic carbocycles. The number of nitrogens with one attached hydrogen (secondary N) is 3. The lowest BCUT2D eigenvalue weighted by Crippen LogP contribution is -2.41. The van der Waals surface area contributed by atoms with Crippen LogP contribution in [0.1, 0.15) is 16.7 Å². The zero-order valence-corrected chi connectivity index (χ0v) is 19.4. The second-order valence-corrected chi connectivity index (χ2v) is 6.72. The molecule has 0 bridgehead atoms. The van der Waals surface area contributed by atoms with Gasteiger partial charge in [-0.15, -0.1) is 42.2 Å². The molecule has 0 heterocycles. The van der Waals surface area contributed by atoms with Crippen LogP contribution in [-0.4, -0.2) is 31.7 Å². The summed E-state index contributed by atoms with van der Waals surface area (Å²) in [6.07, 6.45) is 7.44. The van der Waals surface area contributed by atoms with Gasteiger partial charge in [0.05, 0.1) is 6.54 Å². The molecule has 0 aliphatic heterocycles. The van der Waals surface area contributed by atoms with E-state index in [-0.39, 0.29) is 36.4 Å². The third-order valence-electron chi connectivity index (χ3n) is 3.84. The van der Waals surface area contributed by atoms with E-state index in [2.05, 4.69) is 58.2 Å². The Kier molecular flexibility index (Phi) is 10.5. The van der Waals surface area contributed by atoms with Crippen LogP contribution in [0, 0.1) is 19.3 Å². The summed E-state index contributed by atoms with van der Waals surface area (Å²) in [5.74, 6) is 2.94. The molecule has 0 atom stereocenters. The minimum Gasteiger partial charge on any atom is -0.352 e. The lowest BCUT2D eigenvalue weighted by Gasteiger charge is -2.14. The first-order valence-corrected chi connectivity index (χ1v) is 9.72. The second-order valence-electron chi connectivity index (χ2n) is 5.87. The molecule has 2 aromatic rings. The number of hydrogen-bond acceptors (Lipinski definition) is 3. The maximum Gasteiger partial charge on any atom is 0.243 e. The van der Waals surface area contributed by atoms with Crippen LogP contribution in [0.25, 0.3) is 0 Å². The summed E-state index contributed by atoms with van der Waals surface area (Å²) in [4.78, 5) is 17.5. The van der Waals surface area contributed by atoms with Crippen molar-refractivity contribution in [3.63, 3.8) is 0 Å². The molecule has 1 amide bonds. The number of halogens is 1. The van der Waals surface area contributed by atoms with Gasteiger partial charge in [0.2, 0.25) is 5.91 Å². The van der Waals surface area contributed by atoms with E-state index in [1.807, 2.05) is 12.1 Å². The predicted molar refractivity (Wildman–Crippen MR) is 130 cm³/mol. The highest BCUT2D eigenvalue weighted by atomic mass is 127. The molecule has 2 rings (SSSR count). The molecule has 0 saturated carbocycles. The summed E-state index contributed by atoms with van der Waals surface area (Å²) >= 11 is 1.71. The average molecular weight is 508 g/mol. The lowest BCUT2D eigenvalue weighted by molar-refractivity contribution is -0.115. The Balaban J connectivity index is 0.00000392. The van der Waals surface area contributed by atoms with E-state index in [0.29, 0.717) is 18.2 Å². The van der Waals surface area contributed by atoms with Crippen molar-refractivity contribution in [3.05, 3.63) is 59.2 Å². The summed E-state index contributed by atoms with van der Waals surface area (Å²) in [5, 5.41) is 9.06. The van der Waals surface area contributed by atoms with Crippen LogP contribution in [0.15, 0.2) is 52.4 Å². The predicted octanol–water partition coefficient (Wildman–Crippen LogP) is 3.62. The van der Waals surface area contributed by atoms with Gasteiger partial charge in [-0.25, -0.2) is 0 Å². The fourth-order valence-corrected chi connectivity index (χ4v) is 3.16. The average Bonchev–Trinajstić information content (AvgIpc) is 2.68. The van der Waals surface area contributed by atoms with Crippen LogP contribution in [0.3, 0.4) is 0 Å². The number of rotatable bonds is 6. The van der Waals surface area contributed by atoms with E-state index in [1.165, 1.54) is 16.0 Å². The number of aryl methyl sites for hydroxylation is 1. The van der Waals surface area contributed by atoms with E-state index in [4.69, 9.17) is 6.42 Å². The van der Waals surface area contributed by atoms with Gasteiger partial charge in [-0.05, 0) is 48.6 Å². The van der Waals surface area contributed by atoms with Crippen molar-refractivity contribution in [2.24, 2.45) is 4.99 Å². The Labute approximate surface area is 188 Å². The monoisotopic (exact) mass is 508 g/mol. The third kappa shape index (κ3) is 7.44. The number of benzene rings is 2. The first-order valence-electron chi connectivity index (χ1n) is 8.50. The zero-order chi connectivity index (χ0) is 19.6. The Morgan fingerprint density at radius 3 is 2.68 bits per heavy atom. The summed E-state index contributed by atoms with van der Waals surface area (Å²) < 4.78 is 0. The summed E-state index contributed by atoms with van der Waals surface area (Å²) in [5.41, 5.74) is 3.81. The molecule has 0 spiro atoms. The highest BCUT2D eigenvalue weighted by Gasteiger charge is 2.06. The largest absolute Gasteiger partial charge is 0.352 e. The van der Waals surface area contributed by atoms with Gasteiger partial charge in [0.15, 0.2) is 5.96 Å². The highest BCUT2D eigenvalue weighted by Crippen LogP contribution is 2.21. The molecule has 3 N–H and O–H groups in total. The van der Waals surface area contributed by atoms with E-state index in [0.717, 1.165) is 5.56 Å². The molecule has 0 fully saturated rings. The first-order chi connectivity index (χ1) is 13.0. The highest BCUT2D eigenvalue weighted by molar-refractivity contribution is 14.0. The number of hydrogen-bond donors (Lipinski definition) is 3. The van der Waals surface area contributed by atoms with Gasteiger partial charge in [0.25, 0.3) is 0 Å². The Bertz CT molecular complexity index is 877. The van der Waals surface area contributed by atoms with Crippen LogP contribution in [0.4, 0.5) is 5.69 Å².